The first kappa shape index (κ1) is 42.0. The normalized spacial score (nSPS) is 20.1. The van der Waals surface area contributed by atoms with Crippen LogP contribution < -0.4 is 0 Å². The van der Waals surface area contributed by atoms with E-state index < -0.39 is 32.1 Å². The minimum atomic E-state index is -4.11. The van der Waals surface area contributed by atoms with E-state index in [2.05, 4.69) is 0 Å². The van der Waals surface area contributed by atoms with Crippen LogP contribution in [0.4, 0.5) is 0 Å². The van der Waals surface area contributed by atoms with Crippen molar-refractivity contribution in [2.45, 2.75) is 58.3 Å². The molecule has 2 heterocycles. The fourth-order valence-corrected chi connectivity index (χ4v) is 14.7. The molecule has 0 N–H and O–H groups in total. The van der Waals surface area contributed by atoms with Gasteiger partial charge in [0.2, 0.25) is 31.9 Å². The van der Waals surface area contributed by atoms with Gasteiger partial charge in [-0.25, -0.2) is 16.8 Å². The maximum atomic E-state index is 14.5. The van der Waals surface area contributed by atoms with Gasteiger partial charge in [-0.3, -0.25) is 9.59 Å². The highest BCUT2D eigenvalue weighted by atomic mass is 33.1. The quantitative estimate of drug-likeness (QED) is 0.109. The summed E-state index contributed by atoms with van der Waals surface area (Å²) >= 11 is 0. The van der Waals surface area contributed by atoms with Crippen LogP contribution in [0.1, 0.15) is 24.0 Å². The fraction of sp³-hybridized carbons (Fsp3) is 0.261. The van der Waals surface area contributed by atoms with E-state index in [1.54, 1.807) is 60.3 Å². The first-order chi connectivity index (χ1) is 28.9. The molecule has 2 fully saturated rings. The highest BCUT2D eigenvalue weighted by Gasteiger charge is 2.48. The van der Waals surface area contributed by atoms with E-state index in [4.69, 9.17) is 0 Å². The van der Waals surface area contributed by atoms with Crippen LogP contribution in [0.2, 0.25) is 0 Å². The third kappa shape index (κ3) is 8.86. The van der Waals surface area contributed by atoms with Crippen LogP contribution in [-0.4, -0.2) is 96.8 Å². The third-order valence-corrected chi connectivity index (χ3v) is 18.3. The Morgan fingerprint density at radius 3 is 1.25 bits per heavy atom. The topological polar surface area (TPSA) is 115 Å². The molecular formula is C46H46N4O6S4. The van der Waals surface area contributed by atoms with Gasteiger partial charge in [0.15, 0.2) is 0 Å². The number of rotatable bonds is 13. The fourth-order valence-electron chi connectivity index (χ4n) is 8.12. The van der Waals surface area contributed by atoms with Crippen molar-refractivity contribution in [2.24, 2.45) is 0 Å². The number of fused-ring (bicyclic) bond motifs is 2. The van der Waals surface area contributed by atoms with Gasteiger partial charge in [0.1, 0.15) is 12.1 Å². The second-order valence-corrected chi connectivity index (χ2v) is 22.1. The summed E-state index contributed by atoms with van der Waals surface area (Å²) in [7, 11) is -1.89. The standard InChI is InChI=1S/C46H46N4O6S4/c1-47(29-33-13-5-3-6-14-33)45(51)43-27-39(31-49(43)59(53,54)41-23-21-35-17-9-11-19-37(35)25-41)57-58-40-28-44(46(52)48(2)30-34-15-7-4-8-16-34)50(32-40)60(55,56)42-24-22-36-18-10-12-20-38(36)26-42/h3-26,39-40,43-44H,27-32H2,1-2H3/t39-,40-,43+,44+/m1/s1. The molecule has 6 aromatic rings. The lowest BCUT2D eigenvalue weighted by Gasteiger charge is -2.27. The summed E-state index contributed by atoms with van der Waals surface area (Å²) in [5.41, 5.74) is 1.86. The molecule has 14 heteroatoms. The van der Waals surface area contributed by atoms with Crippen molar-refractivity contribution >= 4 is 75.0 Å². The second-order valence-electron chi connectivity index (χ2n) is 15.5. The molecule has 0 bridgehead atoms. The molecule has 2 amide bonds. The first-order valence-corrected chi connectivity index (χ1v) is 25.0. The highest BCUT2D eigenvalue weighted by molar-refractivity contribution is 8.77. The van der Waals surface area contributed by atoms with Gasteiger partial charge < -0.3 is 9.80 Å². The van der Waals surface area contributed by atoms with E-state index in [1.807, 2.05) is 109 Å². The van der Waals surface area contributed by atoms with E-state index in [0.717, 1.165) is 32.7 Å². The molecular weight excluding hydrogens is 833 g/mol. The van der Waals surface area contributed by atoms with Gasteiger partial charge in [-0.1, -0.05) is 143 Å². The number of carbonyl (C=O) groups excluding carboxylic acids is 2. The van der Waals surface area contributed by atoms with Crippen LogP contribution in [0.25, 0.3) is 21.5 Å². The molecule has 0 spiro atoms. The van der Waals surface area contributed by atoms with Crippen molar-refractivity contribution in [2.75, 3.05) is 27.2 Å². The highest BCUT2D eigenvalue weighted by Crippen LogP contribution is 2.44. The monoisotopic (exact) mass is 878 g/mol. The molecule has 4 atom stereocenters. The van der Waals surface area contributed by atoms with Crippen LogP contribution in [-0.2, 0) is 42.7 Å². The van der Waals surface area contributed by atoms with E-state index in [9.17, 15) is 26.4 Å². The summed E-state index contributed by atoms with van der Waals surface area (Å²) in [6.45, 7) is 0.835. The number of hydrogen-bond donors (Lipinski definition) is 0. The predicted molar refractivity (Wildman–Crippen MR) is 241 cm³/mol. The number of hydrogen-bond acceptors (Lipinski definition) is 8. The minimum Gasteiger partial charge on any atom is -0.340 e. The van der Waals surface area contributed by atoms with Gasteiger partial charge in [-0.05, 0) is 69.8 Å². The molecule has 310 valence electrons. The smallest absolute Gasteiger partial charge is 0.243 e. The minimum absolute atomic E-state index is 0.0937. The number of carbonyl (C=O) groups is 2. The largest absolute Gasteiger partial charge is 0.340 e. The Hall–Kier alpha value is -4.70. The number of sulfonamides is 2. The Bertz CT molecular complexity index is 2550. The lowest BCUT2D eigenvalue weighted by Crippen LogP contribution is -2.46. The van der Waals surface area contributed by atoms with Crippen LogP contribution in [0, 0.1) is 0 Å². The maximum Gasteiger partial charge on any atom is 0.243 e. The van der Waals surface area contributed by atoms with Crippen LogP contribution >= 0.6 is 21.6 Å². The van der Waals surface area contributed by atoms with Crippen LogP contribution in [0.15, 0.2) is 155 Å². The molecule has 10 nitrogen and oxygen atoms in total. The van der Waals surface area contributed by atoms with Gasteiger partial charge >= 0.3 is 0 Å². The number of nitrogens with zero attached hydrogens (tertiary/aromatic N) is 4. The van der Waals surface area contributed by atoms with Crippen LogP contribution in [0.5, 0.6) is 0 Å². The molecule has 0 saturated carbocycles. The van der Waals surface area contributed by atoms with Gasteiger partial charge in [-0.15, -0.1) is 0 Å². The zero-order valence-corrected chi connectivity index (χ0v) is 36.5. The lowest BCUT2D eigenvalue weighted by molar-refractivity contribution is -0.134. The Labute approximate surface area is 360 Å². The molecule has 2 aliphatic heterocycles. The summed E-state index contributed by atoms with van der Waals surface area (Å²) in [5.74, 6) is -0.589. The summed E-state index contributed by atoms with van der Waals surface area (Å²) in [6, 6.07) is 42.4. The average molecular weight is 879 g/mol. The van der Waals surface area contributed by atoms with E-state index >= 15 is 0 Å². The van der Waals surface area contributed by atoms with Gasteiger partial charge in [0, 0.05) is 50.8 Å². The van der Waals surface area contributed by atoms with Crippen molar-refractivity contribution in [1.29, 1.82) is 0 Å². The molecule has 0 aliphatic carbocycles. The molecule has 0 radical (unpaired) electrons. The summed E-state index contributed by atoms with van der Waals surface area (Å²) in [6.07, 6.45) is 0.548. The first-order valence-electron chi connectivity index (χ1n) is 19.8. The number of likely N-dealkylation sites (N-methyl/N-ethyl adjacent to an activating group) is 2. The van der Waals surface area contributed by atoms with Crippen molar-refractivity contribution in [3.63, 3.8) is 0 Å². The Morgan fingerprint density at radius 1 is 0.517 bits per heavy atom. The second kappa shape index (κ2) is 17.7. The lowest BCUT2D eigenvalue weighted by atomic mass is 10.1. The summed E-state index contributed by atoms with van der Waals surface area (Å²) in [5, 5.41) is 2.82. The van der Waals surface area contributed by atoms with Crippen molar-refractivity contribution in [3.05, 3.63) is 157 Å². The predicted octanol–water partition coefficient (Wildman–Crippen LogP) is 7.66. The third-order valence-electron chi connectivity index (χ3n) is 11.3. The summed E-state index contributed by atoms with van der Waals surface area (Å²) in [4.78, 5) is 31.9. The molecule has 6 aromatic carbocycles. The Balaban J connectivity index is 1.04. The summed E-state index contributed by atoms with van der Waals surface area (Å²) < 4.78 is 60.6. The van der Waals surface area contributed by atoms with Gasteiger partial charge in [0.05, 0.1) is 9.79 Å². The SMILES string of the molecule is CN(Cc1ccccc1)C(=O)[C@@H]1C[C@@H](SS[C@@H]2C[C@@H](C(=O)N(C)Cc3ccccc3)N(S(=O)(=O)c3ccc4ccccc4c3)C2)CN1S(=O)(=O)c1ccc2ccccc2c1. The van der Waals surface area contributed by atoms with Gasteiger partial charge in [-0.2, -0.15) is 8.61 Å². The van der Waals surface area contributed by atoms with Crippen molar-refractivity contribution < 1.29 is 26.4 Å². The molecule has 60 heavy (non-hydrogen) atoms. The van der Waals surface area contributed by atoms with E-state index in [0.29, 0.717) is 13.1 Å². The number of amides is 2. The van der Waals surface area contributed by atoms with Gasteiger partial charge in [0.25, 0.3) is 0 Å². The molecule has 0 unspecified atom stereocenters. The molecule has 2 aliphatic rings. The zero-order valence-electron chi connectivity index (χ0n) is 33.3. The van der Waals surface area contributed by atoms with E-state index in [1.165, 1.54) is 30.2 Å². The molecule has 8 rings (SSSR count). The van der Waals surface area contributed by atoms with E-state index in [-0.39, 0.29) is 58.0 Å². The Morgan fingerprint density at radius 2 is 0.867 bits per heavy atom. The molecule has 0 aromatic heterocycles. The molecule has 2 saturated heterocycles. The average Bonchev–Trinajstić information content (AvgIpc) is 3.91. The van der Waals surface area contributed by atoms with Crippen molar-refractivity contribution in [3.8, 4) is 0 Å². The maximum absolute atomic E-state index is 14.5. The van der Waals surface area contributed by atoms with Crippen LogP contribution in [0.3, 0.4) is 0 Å². The Kier molecular flexibility index (Phi) is 12.4. The zero-order chi connectivity index (χ0) is 42.0. The van der Waals surface area contributed by atoms with Crippen molar-refractivity contribution in [1.82, 2.24) is 18.4 Å². The number of benzene rings is 6.